The fraction of sp³-hybridized carbons (Fsp3) is 0.353. The van der Waals surface area contributed by atoms with Gasteiger partial charge in [-0.1, -0.05) is 0 Å². The summed E-state index contributed by atoms with van der Waals surface area (Å²) in [7, 11) is -3.49. The van der Waals surface area contributed by atoms with Gasteiger partial charge in [-0.3, -0.25) is 4.98 Å². The minimum atomic E-state index is -3.49. The zero-order chi connectivity index (χ0) is 17.2. The van der Waals surface area contributed by atoms with E-state index in [1.807, 2.05) is 13.8 Å². The number of rotatable bonds is 6. The molecule has 2 heterocycles. The fourth-order valence-electron chi connectivity index (χ4n) is 2.39. The Hall–Kier alpha value is -2.12. The Morgan fingerprint density at radius 2 is 1.83 bits per heavy atom. The third kappa shape index (κ3) is 3.68. The molecule has 1 aromatic carbocycles. The quantitative estimate of drug-likeness (QED) is 0.801. The summed E-state index contributed by atoms with van der Waals surface area (Å²) in [6.45, 7) is 4.52. The largest absolute Gasteiger partial charge is 0.491 e. The number of benzene rings is 1. The Morgan fingerprint density at radius 3 is 2.42 bits per heavy atom. The van der Waals surface area contributed by atoms with Crippen molar-refractivity contribution in [3.05, 3.63) is 48.8 Å². The van der Waals surface area contributed by atoms with Crippen LogP contribution in [-0.4, -0.2) is 43.0 Å². The molecule has 0 aliphatic carbocycles. The van der Waals surface area contributed by atoms with E-state index in [9.17, 15) is 8.42 Å². The van der Waals surface area contributed by atoms with Crippen LogP contribution in [-0.2, 0) is 10.0 Å². The second-order valence-corrected chi connectivity index (χ2v) is 7.83. The molecule has 1 aliphatic heterocycles. The lowest BCUT2D eigenvalue weighted by atomic mass is 10.2. The second kappa shape index (κ2) is 6.78. The molecule has 2 aromatic rings. The van der Waals surface area contributed by atoms with Gasteiger partial charge in [0.15, 0.2) is 0 Å². The van der Waals surface area contributed by atoms with Crippen LogP contribution in [0.2, 0.25) is 0 Å². The highest BCUT2D eigenvalue weighted by atomic mass is 32.2. The summed E-state index contributed by atoms with van der Waals surface area (Å²) in [6, 6.07) is 10.1. The first-order valence-corrected chi connectivity index (χ1v) is 9.23. The molecule has 6 nitrogen and oxygen atoms in total. The van der Waals surface area contributed by atoms with Gasteiger partial charge in [0.25, 0.3) is 0 Å². The molecule has 24 heavy (non-hydrogen) atoms. The first kappa shape index (κ1) is 16.7. The van der Waals surface area contributed by atoms with Crippen LogP contribution in [0.4, 0.5) is 0 Å². The van der Waals surface area contributed by atoms with Crippen LogP contribution in [0, 0.1) is 0 Å². The van der Waals surface area contributed by atoms with E-state index in [1.54, 1.807) is 48.8 Å². The molecule has 0 atom stereocenters. The third-order valence-corrected chi connectivity index (χ3v) is 5.43. The van der Waals surface area contributed by atoms with E-state index in [2.05, 4.69) is 4.98 Å². The topological polar surface area (TPSA) is 68.7 Å². The predicted octanol–water partition coefficient (Wildman–Crippen LogP) is 2.32. The van der Waals surface area contributed by atoms with Crippen molar-refractivity contribution in [2.24, 2.45) is 0 Å². The van der Waals surface area contributed by atoms with Crippen molar-refractivity contribution in [1.29, 1.82) is 0 Å². The number of ether oxygens (including phenoxy) is 2. The van der Waals surface area contributed by atoms with E-state index in [0.29, 0.717) is 24.6 Å². The molecule has 0 spiro atoms. The SMILES string of the molecule is CC(C)Oc1ccc(S(=O)(=O)N2CC(Oc3cccnc3)C2)cc1. The Bertz CT molecular complexity index is 770. The van der Waals surface area contributed by atoms with E-state index in [0.717, 1.165) is 0 Å². The summed E-state index contributed by atoms with van der Waals surface area (Å²) >= 11 is 0. The molecule has 3 rings (SSSR count). The van der Waals surface area contributed by atoms with Crippen LogP contribution in [0.1, 0.15) is 13.8 Å². The maximum absolute atomic E-state index is 12.6. The monoisotopic (exact) mass is 348 g/mol. The number of sulfonamides is 1. The zero-order valence-corrected chi connectivity index (χ0v) is 14.4. The molecule has 1 saturated heterocycles. The molecule has 0 N–H and O–H groups in total. The van der Waals surface area contributed by atoms with Crippen molar-refractivity contribution >= 4 is 10.0 Å². The average molecular weight is 348 g/mol. The smallest absolute Gasteiger partial charge is 0.243 e. The highest BCUT2D eigenvalue weighted by Crippen LogP contribution is 2.26. The molecule has 128 valence electrons. The van der Waals surface area contributed by atoms with Gasteiger partial charge in [0.1, 0.15) is 17.6 Å². The van der Waals surface area contributed by atoms with Gasteiger partial charge in [0.2, 0.25) is 10.0 Å². The van der Waals surface area contributed by atoms with Gasteiger partial charge in [0.05, 0.1) is 30.3 Å². The van der Waals surface area contributed by atoms with Crippen LogP contribution < -0.4 is 9.47 Å². The standard InChI is InChI=1S/C17H20N2O4S/c1-13(2)22-14-5-7-17(8-6-14)24(20,21)19-11-16(12-19)23-15-4-3-9-18-10-15/h3-10,13,16H,11-12H2,1-2H3. The number of pyridine rings is 1. The Kier molecular flexibility index (Phi) is 4.73. The summed E-state index contributed by atoms with van der Waals surface area (Å²) in [5.74, 6) is 1.31. The molecule has 0 radical (unpaired) electrons. The first-order valence-electron chi connectivity index (χ1n) is 7.79. The lowest BCUT2D eigenvalue weighted by molar-refractivity contribution is 0.0759. The maximum Gasteiger partial charge on any atom is 0.243 e. The summed E-state index contributed by atoms with van der Waals surface area (Å²) in [4.78, 5) is 4.23. The summed E-state index contributed by atoms with van der Waals surface area (Å²) in [5.41, 5.74) is 0. The zero-order valence-electron chi connectivity index (χ0n) is 13.6. The van der Waals surface area contributed by atoms with Crippen LogP contribution in [0.5, 0.6) is 11.5 Å². The minimum absolute atomic E-state index is 0.0493. The van der Waals surface area contributed by atoms with Crippen molar-refractivity contribution < 1.29 is 17.9 Å². The van der Waals surface area contributed by atoms with Gasteiger partial charge >= 0.3 is 0 Å². The van der Waals surface area contributed by atoms with Crippen molar-refractivity contribution in [3.8, 4) is 11.5 Å². The number of hydrogen-bond donors (Lipinski definition) is 0. The van der Waals surface area contributed by atoms with Gasteiger partial charge in [-0.2, -0.15) is 4.31 Å². The van der Waals surface area contributed by atoms with Crippen molar-refractivity contribution in [3.63, 3.8) is 0 Å². The lowest BCUT2D eigenvalue weighted by Gasteiger charge is -2.37. The summed E-state index contributed by atoms with van der Waals surface area (Å²) in [5, 5.41) is 0. The highest BCUT2D eigenvalue weighted by Gasteiger charge is 2.38. The van der Waals surface area contributed by atoms with Crippen molar-refractivity contribution in [1.82, 2.24) is 9.29 Å². The van der Waals surface area contributed by atoms with Crippen molar-refractivity contribution in [2.45, 2.75) is 31.0 Å². The highest BCUT2D eigenvalue weighted by molar-refractivity contribution is 7.89. The molecule has 1 aromatic heterocycles. The number of aromatic nitrogens is 1. The molecule has 0 unspecified atom stereocenters. The van der Waals surface area contributed by atoms with E-state index >= 15 is 0 Å². The first-order chi connectivity index (χ1) is 11.4. The van der Waals surface area contributed by atoms with E-state index < -0.39 is 10.0 Å². The minimum Gasteiger partial charge on any atom is -0.491 e. The number of hydrogen-bond acceptors (Lipinski definition) is 5. The van der Waals surface area contributed by atoms with Gasteiger partial charge in [-0.25, -0.2) is 8.42 Å². The molecule has 1 aliphatic rings. The van der Waals surface area contributed by atoms with Crippen LogP contribution in [0.15, 0.2) is 53.7 Å². The Labute approximate surface area is 142 Å². The van der Waals surface area contributed by atoms with Crippen LogP contribution >= 0.6 is 0 Å². The molecule has 1 fully saturated rings. The maximum atomic E-state index is 12.6. The van der Waals surface area contributed by atoms with Gasteiger partial charge < -0.3 is 9.47 Å². The number of nitrogens with zero attached hydrogens (tertiary/aromatic N) is 2. The van der Waals surface area contributed by atoms with Gasteiger partial charge in [-0.15, -0.1) is 0 Å². The fourth-order valence-corrected chi connectivity index (χ4v) is 3.90. The van der Waals surface area contributed by atoms with Crippen molar-refractivity contribution in [2.75, 3.05) is 13.1 Å². The molecule has 0 amide bonds. The molecule has 7 heteroatoms. The van der Waals surface area contributed by atoms with E-state index in [4.69, 9.17) is 9.47 Å². The molecule has 0 saturated carbocycles. The third-order valence-electron chi connectivity index (χ3n) is 3.58. The predicted molar refractivity (Wildman–Crippen MR) is 89.6 cm³/mol. The van der Waals surface area contributed by atoms with Crippen LogP contribution in [0.3, 0.4) is 0 Å². The molecular weight excluding hydrogens is 328 g/mol. The molecule has 0 bridgehead atoms. The Morgan fingerprint density at radius 1 is 1.12 bits per heavy atom. The van der Waals surface area contributed by atoms with E-state index in [-0.39, 0.29) is 17.1 Å². The normalized spacial score (nSPS) is 16.0. The second-order valence-electron chi connectivity index (χ2n) is 5.89. The van der Waals surface area contributed by atoms with E-state index in [1.165, 1.54) is 4.31 Å². The average Bonchev–Trinajstić information content (AvgIpc) is 2.51. The molecular formula is C17H20N2O4S. The summed E-state index contributed by atoms with van der Waals surface area (Å²) in [6.07, 6.45) is 3.18. The van der Waals surface area contributed by atoms with Crippen LogP contribution in [0.25, 0.3) is 0 Å². The Balaban J connectivity index is 1.61. The van der Waals surface area contributed by atoms with Gasteiger partial charge in [-0.05, 0) is 50.2 Å². The van der Waals surface area contributed by atoms with Gasteiger partial charge in [0, 0.05) is 6.20 Å². The summed E-state index contributed by atoms with van der Waals surface area (Å²) < 4.78 is 37.8. The lowest BCUT2D eigenvalue weighted by Crippen LogP contribution is -2.55.